The fraction of sp³-hybridized carbons (Fsp3) is 0.567. The number of H-pyrrole nitrogens is 2. The number of Topliss-reactive ketones (excluding diaryl/α,β-unsaturated/α-hetero) is 2. The summed E-state index contributed by atoms with van der Waals surface area (Å²) in [5, 5.41) is 42.0. The molecule has 2 heterocycles. The summed E-state index contributed by atoms with van der Waals surface area (Å²) < 4.78 is 0. The Morgan fingerprint density at radius 2 is 0.700 bits per heavy atom. The Bertz CT molecular complexity index is 2560. The van der Waals surface area contributed by atoms with Crippen molar-refractivity contribution in [2.75, 3.05) is 0 Å². The van der Waals surface area contributed by atoms with Crippen LogP contribution >= 0.6 is 0 Å². The molecule has 4 rings (SSSR count). The highest BCUT2D eigenvalue weighted by Crippen LogP contribution is 2.19. The Balaban J connectivity index is 0.000000422. The summed E-state index contributed by atoms with van der Waals surface area (Å²) in [5.41, 5.74) is 3.16. The first-order valence-corrected chi connectivity index (χ1v) is 28.6. The first-order valence-electron chi connectivity index (χ1n) is 28.6. The minimum absolute atomic E-state index is 0.0414. The second kappa shape index (κ2) is 37.5. The molecule has 5 atom stereocenters. The van der Waals surface area contributed by atoms with Gasteiger partial charge >= 0.3 is 17.9 Å². The molecule has 0 fully saturated rings. The lowest BCUT2D eigenvalue weighted by molar-refractivity contribution is -0.143. The second-order valence-corrected chi connectivity index (χ2v) is 20.8. The fourth-order valence-electron chi connectivity index (χ4n) is 9.21. The third kappa shape index (κ3) is 27.0. The van der Waals surface area contributed by atoms with Gasteiger partial charge in [-0.3, -0.25) is 47.9 Å². The minimum atomic E-state index is -1.61. The van der Waals surface area contributed by atoms with E-state index in [0.29, 0.717) is 18.5 Å². The number of carbonyl (C=O) groups is 10. The molecule has 440 valence electrons. The molecule has 0 aliphatic carbocycles. The van der Waals surface area contributed by atoms with Crippen LogP contribution in [0.15, 0.2) is 60.7 Å². The molecule has 20 heteroatoms. The number of unbranched alkanes of at least 4 members (excludes halogenated alkanes) is 16. The van der Waals surface area contributed by atoms with Crippen LogP contribution in [-0.2, 0) is 60.8 Å². The quantitative estimate of drug-likeness (QED) is 0.0188. The summed E-state index contributed by atoms with van der Waals surface area (Å²) in [6.07, 6.45) is 18.9. The van der Waals surface area contributed by atoms with E-state index in [9.17, 15) is 53.1 Å². The number of para-hydroxylation sites is 2. The summed E-state index contributed by atoms with van der Waals surface area (Å²) in [6.45, 7) is 6.71. The van der Waals surface area contributed by atoms with Crippen molar-refractivity contribution in [1.82, 2.24) is 36.6 Å². The van der Waals surface area contributed by atoms with Crippen molar-refractivity contribution in [2.24, 2.45) is 0 Å². The fourth-order valence-corrected chi connectivity index (χ4v) is 9.21. The summed E-state index contributed by atoms with van der Waals surface area (Å²) in [5.74, 6) is -7.97. The lowest BCUT2D eigenvalue weighted by atomic mass is 10.0. The number of amides is 5. The van der Waals surface area contributed by atoms with Gasteiger partial charge in [-0.05, 0) is 61.7 Å². The van der Waals surface area contributed by atoms with E-state index in [1.165, 1.54) is 64.7 Å². The Kier molecular flexibility index (Phi) is 31.3. The molecule has 2 aromatic heterocycles. The van der Waals surface area contributed by atoms with Gasteiger partial charge in [0.05, 0.1) is 31.3 Å². The van der Waals surface area contributed by atoms with E-state index in [4.69, 9.17) is 10.2 Å². The van der Waals surface area contributed by atoms with E-state index in [1.54, 1.807) is 0 Å². The number of rotatable bonds is 40. The predicted molar refractivity (Wildman–Crippen MR) is 305 cm³/mol. The monoisotopic (exact) mass is 1110 g/mol. The van der Waals surface area contributed by atoms with Gasteiger partial charge in [0.15, 0.2) is 11.6 Å². The summed E-state index contributed by atoms with van der Waals surface area (Å²) in [4.78, 5) is 129. The number of hydrogen-bond acceptors (Lipinski definition) is 10. The molecule has 0 bridgehead atoms. The van der Waals surface area contributed by atoms with E-state index >= 15 is 0 Å². The normalized spacial score (nSPS) is 12.9. The number of benzene rings is 2. The second-order valence-electron chi connectivity index (χ2n) is 20.8. The number of hydrogen-bond donors (Lipinski definition) is 10. The number of ketones is 2. The third-order valence-corrected chi connectivity index (χ3v) is 13.7. The molecule has 0 radical (unpaired) electrons. The smallest absolute Gasteiger partial charge is 0.305 e. The van der Waals surface area contributed by atoms with Crippen LogP contribution in [0.1, 0.15) is 187 Å². The van der Waals surface area contributed by atoms with E-state index in [0.717, 1.165) is 85.8 Å². The number of carboxylic acid groups (broad SMARTS) is 3. The molecule has 80 heavy (non-hydrogen) atoms. The van der Waals surface area contributed by atoms with Crippen molar-refractivity contribution in [3.63, 3.8) is 0 Å². The number of carboxylic acids is 3. The van der Waals surface area contributed by atoms with Crippen LogP contribution in [0.25, 0.3) is 21.8 Å². The molecule has 0 aliphatic rings. The van der Waals surface area contributed by atoms with Gasteiger partial charge in [-0.2, -0.15) is 0 Å². The largest absolute Gasteiger partial charge is 0.481 e. The molecule has 5 unspecified atom stereocenters. The van der Waals surface area contributed by atoms with Gasteiger partial charge in [0.1, 0.15) is 18.1 Å². The van der Waals surface area contributed by atoms with Gasteiger partial charge in [0.25, 0.3) is 0 Å². The maximum Gasteiger partial charge on any atom is 0.305 e. The Morgan fingerprint density at radius 3 is 1.02 bits per heavy atom. The summed E-state index contributed by atoms with van der Waals surface area (Å²) >= 11 is 0. The predicted octanol–water partition coefficient (Wildman–Crippen LogP) is 8.29. The van der Waals surface area contributed by atoms with Crippen molar-refractivity contribution in [3.05, 3.63) is 72.1 Å². The Hall–Kier alpha value is -7.38. The van der Waals surface area contributed by atoms with Gasteiger partial charge in [-0.25, -0.2) is 0 Å². The average Bonchev–Trinajstić information content (AvgIpc) is 4.02. The van der Waals surface area contributed by atoms with Crippen LogP contribution in [0.2, 0.25) is 0 Å². The van der Waals surface area contributed by atoms with E-state index in [2.05, 4.69) is 50.4 Å². The molecule has 0 saturated heterocycles. The molecule has 0 spiro atoms. The van der Waals surface area contributed by atoms with Crippen LogP contribution in [0.4, 0.5) is 0 Å². The molecule has 0 aliphatic heterocycles. The van der Waals surface area contributed by atoms with E-state index < -0.39 is 96.7 Å². The van der Waals surface area contributed by atoms with E-state index in [-0.39, 0.29) is 31.1 Å². The number of carbonyl (C=O) groups excluding carboxylic acids is 7. The molecular formula is C60H87N7O13. The first kappa shape index (κ1) is 66.9. The minimum Gasteiger partial charge on any atom is -0.481 e. The molecule has 20 nitrogen and oxygen atoms in total. The maximum atomic E-state index is 13.4. The van der Waals surface area contributed by atoms with Gasteiger partial charge in [0, 0.05) is 48.1 Å². The van der Waals surface area contributed by atoms with Gasteiger partial charge in [-0.15, -0.1) is 0 Å². The van der Waals surface area contributed by atoms with Crippen molar-refractivity contribution in [3.8, 4) is 0 Å². The highest BCUT2D eigenvalue weighted by atomic mass is 16.4. The van der Waals surface area contributed by atoms with Crippen molar-refractivity contribution in [2.45, 2.75) is 218 Å². The average molecular weight is 1110 g/mol. The lowest BCUT2D eigenvalue weighted by Gasteiger charge is -2.23. The Labute approximate surface area is 469 Å². The third-order valence-electron chi connectivity index (χ3n) is 13.7. The summed E-state index contributed by atoms with van der Waals surface area (Å²) in [7, 11) is 0. The SMILES string of the molecule is CCCCCCCCCC(=O)NC(Cc1cc2ccccc2[nH]1)C(=O)NC(CC(=O)O)C(=O)NC(CC(=O)O)C(C)=O.CCCCCCCCCCCCCC(=O)NC(Cc1cc2ccccc2[nH]1)C(=O)NC(CC(=O)O)C(C)=O. The molecule has 4 aromatic rings. The molecule has 2 aromatic carbocycles. The first-order chi connectivity index (χ1) is 38.3. The van der Waals surface area contributed by atoms with Crippen LogP contribution in [0, 0.1) is 0 Å². The highest BCUT2D eigenvalue weighted by Gasteiger charge is 2.32. The van der Waals surface area contributed by atoms with Crippen molar-refractivity contribution >= 4 is 80.8 Å². The topological polar surface area (TPSA) is 323 Å². The molecule has 5 amide bonds. The Morgan fingerprint density at radius 1 is 0.400 bits per heavy atom. The number of aromatic amines is 2. The van der Waals surface area contributed by atoms with Gasteiger partial charge in [-0.1, -0.05) is 153 Å². The zero-order valence-corrected chi connectivity index (χ0v) is 47.3. The van der Waals surface area contributed by atoms with Crippen LogP contribution in [0.3, 0.4) is 0 Å². The van der Waals surface area contributed by atoms with Gasteiger partial charge in [0.2, 0.25) is 29.5 Å². The number of fused-ring (bicyclic) bond motifs is 2. The lowest BCUT2D eigenvalue weighted by Crippen LogP contribution is -2.56. The molecular weight excluding hydrogens is 1030 g/mol. The van der Waals surface area contributed by atoms with E-state index in [1.807, 2.05) is 60.7 Å². The number of nitrogens with one attached hydrogen (secondary N) is 7. The number of aromatic nitrogens is 2. The van der Waals surface area contributed by atoms with Crippen molar-refractivity contribution < 1.29 is 63.3 Å². The zero-order chi connectivity index (χ0) is 58.8. The van der Waals surface area contributed by atoms with Crippen LogP contribution in [0.5, 0.6) is 0 Å². The number of aliphatic carboxylic acids is 3. The standard InChI is InChI=1S/C30H42N4O8.C30H45N3O5/c1-3-4-5-6-7-8-9-14-26(36)32-24(16-21-15-20-12-10-11-13-22(20)31-21)29(41)34-25(18-28(39)40)30(42)33-23(19(2)35)17-27(37)38;1-3-4-5-6-7-8-9-10-11-12-13-18-28(35)32-27(30(38)33-26(22(2)34)21-29(36)37)20-24-19-23-16-14-15-17-25(23)31-24/h10-13,15,23-25,31H,3-9,14,16-18H2,1-2H3,(H,32,36)(H,33,42)(H,34,41)(H,37,38)(H,39,40);14-17,19,26-27,31H,3-13,18,20-21H2,1-2H3,(H,32,35)(H,33,38)(H,36,37). The summed E-state index contributed by atoms with van der Waals surface area (Å²) in [6, 6.07) is 12.7. The highest BCUT2D eigenvalue weighted by molar-refractivity contribution is 5.97. The van der Waals surface area contributed by atoms with Crippen LogP contribution in [-0.4, -0.2) is 115 Å². The van der Waals surface area contributed by atoms with Crippen molar-refractivity contribution in [1.29, 1.82) is 0 Å². The molecule has 10 N–H and O–H groups in total. The molecule has 0 saturated carbocycles. The van der Waals surface area contributed by atoms with Gasteiger partial charge < -0.3 is 51.9 Å². The maximum absolute atomic E-state index is 13.4. The van der Waals surface area contributed by atoms with Crippen LogP contribution < -0.4 is 26.6 Å². The zero-order valence-electron chi connectivity index (χ0n) is 47.3.